The molecule has 1 fully saturated rings. The molecule has 4 aromatic rings. The number of amidine groups is 1. The molecule has 2 aliphatic rings. The molecule has 0 bridgehead atoms. The van der Waals surface area contributed by atoms with E-state index in [-0.39, 0.29) is 11.8 Å². The number of anilines is 1. The molecule has 208 valence electrons. The van der Waals surface area contributed by atoms with Crippen molar-refractivity contribution < 1.29 is 9.59 Å². The van der Waals surface area contributed by atoms with Crippen molar-refractivity contribution in [1.82, 2.24) is 9.88 Å². The number of hydrogen-bond donors (Lipinski definition) is 2. The number of carbonyl (C=O) groups is 2. The maximum absolute atomic E-state index is 13.7. The van der Waals surface area contributed by atoms with Gasteiger partial charge in [-0.2, -0.15) is 0 Å². The molecule has 0 radical (unpaired) electrons. The Labute approximate surface area is 248 Å². The van der Waals surface area contributed by atoms with E-state index in [0.29, 0.717) is 10.1 Å². The van der Waals surface area contributed by atoms with Crippen molar-refractivity contribution in [2.45, 2.75) is 53.4 Å². The molecule has 3 heterocycles. The summed E-state index contributed by atoms with van der Waals surface area (Å²) >= 11 is 3.07. The smallest absolute Gasteiger partial charge is 0.264 e. The number of nitrogens with one attached hydrogen (secondary N) is 2. The molecule has 0 spiro atoms. The second kappa shape index (κ2) is 11.2. The van der Waals surface area contributed by atoms with Crippen molar-refractivity contribution in [2.24, 2.45) is 4.99 Å². The van der Waals surface area contributed by atoms with E-state index in [4.69, 9.17) is 0 Å². The lowest BCUT2D eigenvalue weighted by Crippen LogP contribution is -2.19. The van der Waals surface area contributed by atoms with Crippen LogP contribution in [0.2, 0.25) is 0 Å². The quantitative estimate of drug-likeness (QED) is 0.237. The van der Waals surface area contributed by atoms with Crippen LogP contribution in [-0.2, 0) is 17.6 Å². The zero-order valence-electron chi connectivity index (χ0n) is 23.6. The molecule has 2 aromatic carbocycles. The van der Waals surface area contributed by atoms with Crippen molar-refractivity contribution in [1.29, 1.82) is 0 Å². The second-order valence-electron chi connectivity index (χ2n) is 10.7. The van der Waals surface area contributed by atoms with Crippen LogP contribution in [0.1, 0.15) is 61.7 Å². The summed E-state index contributed by atoms with van der Waals surface area (Å²) in [6.07, 6.45) is 6.08. The van der Waals surface area contributed by atoms with Crippen molar-refractivity contribution in [2.75, 3.05) is 5.32 Å². The number of hydrogen-bond acceptors (Lipinski definition) is 5. The number of rotatable bonds is 5. The number of aliphatic imine (C=N–C) groups is 1. The molecule has 2 amide bonds. The summed E-state index contributed by atoms with van der Waals surface area (Å²) in [5, 5.41) is 7.56. The third-order valence-corrected chi connectivity index (χ3v) is 9.65. The Hall–Kier alpha value is -3.88. The molecule has 41 heavy (non-hydrogen) atoms. The summed E-state index contributed by atoms with van der Waals surface area (Å²) in [6, 6.07) is 17.8. The maximum atomic E-state index is 13.7. The van der Waals surface area contributed by atoms with E-state index in [9.17, 15) is 9.59 Å². The van der Waals surface area contributed by atoms with Gasteiger partial charge in [-0.3, -0.25) is 9.59 Å². The highest BCUT2D eigenvalue weighted by molar-refractivity contribution is 8.18. The standard InChI is InChI=1S/C33H32N4O2S2/c1-19-14-20(2)16-25(15-19)35-33-36-30(38)28(41-33)18-23-17-21(3)37(22(23)4)32-29(26-12-8-9-13-27(26)40-32)31(39)34-24-10-6-5-7-11-24/h5-7,10-11,14-18H,8-9,12-13H2,1-4H3,(H,34,39)(H,35,36,38)/b28-18-. The Balaban J connectivity index is 1.35. The number of para-hydroxylation sites is 1. The minimum atomic E-state index is -0.155. The van der Waals surface area contributed by atoms with E-state index < -0.39 is 0 Å². The number of benzene rings is 2. The third-order valence-electron chi connectivity index (χ3n) is 7.46. The Morgan fingerprint density at radius 3 is 2.49 bits per heavy atom. The number of aromatic nitrogens is 1. The molecule has 0 unspecified atom stereocenters. The number of amides is 2. The summed E-state index contributed by atoms with van der Waals surface area (Å²) in [4.78, 5) is 33.2. The summed E-state index contributed by atoms with van der Waals surface area (Å²) in [6.45, 7) is 8.19. The first-order valence-electron chi connectivity index (χ1n) is 13.8. The SMILES string of the molecule is Cc1cc(C)cc(N=C2NC(=O)/C(=C/c3cc(C)n(-c4sc5c(c4C(=O)Nc4ccccc4)CCCC5)c3C)S2)c1. The molecular weight excluding hydrogens is 549 g/mol. The van der Waals surface area contributed by atoms with Crippen LogP contribution in [0.3, 0.4) is 0 Å². The zero-order valence-corrected chi connectivity index (χ0v) is 25.3. The lowest BCUT2D eigenvalue weighted by Gasteiger charge is -2.14. The van der Waals surface area contributed by atoms with Crippen LogP contribution in [-0.4, -0.2) is 21.5 Å². The maximum Gasteiger partial charge on any atom is 0.264 e. The summed E-state index contributed by atoms with van der Waals surface area (Å²) in [5.74, 6) is -0.228. The van der Waals surface area contributed by atoms with Gasteiger partial charge in [0.25, 0.3) is 11.8 Å². The van der Waals surface area contributed by atoms with E-state index in [1.165, 1.54) is 22.2 Å². The molecule has 0 saturated carbocycles. The van der Waals surface area contributed by atoms with Crippen molar-refractivity contribution in [3.63, 3.8) is 0 Å². The minimum absolute atomic E-state index is 0.0732. The fourth-order valence-corrected chi connectivity index (χ4v) is 7.99. The first kappa shape index (κ1) is 27.3. The molecule has 6 nitrogen and oxygen atoms in total. The highest BCUT2D eigenvalue weighted by atomic mass is 32.2. The molecule has 1 aliphatic heterocycles. The van der Waals surface area contributed by atoms with Crippen LogP contribution >= 0.6 is 23.1 Å². The van der Waals surface area contributed by atoms with Gasteiger partial charge < -0.3 is 15.2 Å². The fraction of sp³-hybridized carbons (Fsp3) is 0.242. The van der Waals surface area contributed by atoms with Gasteiger partial charge in [0.15, 0.2) is 5.17 Å². The van der Waals surface area contributed by atoms with E-state index in [0.717, 1.165) is 75.7 Å². The normalized spacial score (nSPS) is 16.7. The highest BCUT2D eigenvalue weighted by Gasteiger charge is 2.29. The molecular formula is C33H32N4O2S2. The summed E-state index contributed by atoms with van der Waals surface area (Å²) < 4.78 is 2.18. The average molecular weight is 581 g/mol. The number of aryl methyl sites for hydroxylation is 4. The topological polar surface area (TPSA) is 75.5 Å². The Kier molecular flexibility index (Phi) is 7.45. The van der Waals surface area contributed by atoms with Gasteiger partial charge in [-0.1, -0.05) is 24.3 Å². The second-order valence-corrected chi connectivity index (χ2v) is 12.8. The van der Waals surface area contributed by atoms with Gasteiger partial charge in [0.05, 0.1) is 16.2 Å². The van der Waals surface area contributed by atoms with Crippen LogP contribution in [0.15, 0.2) is 64.5 Å². The monoisotopic (exact) mass is 580 g/mol. The molecule has 2 aromatic heterocycles. The van der Waals surface area contributed by atoms with Gasteiger partial charge in [0, 0.05) is 22.0 Å². The average Bonchev–Trinajstić information content (AvgIpc) is 3.56. The number of carbonyl (C=O) groups excluding carboxylic acids is 2. The number of thioether (sulfide) groups is 1. The van der Waals surface area contributed by atoms with Crippen LogP contribution in [0.25, 0.3) is 11.1 Å². The van der Waals surface area contributed by atoms with Gasteiger partial charge in [-0.25, -0.2) is 4.99 Å². The molecule has 1 saturated heterocycles. The Morgan fingerprint density at radius 1 is 1.00 bits per heavy atom. The van der Waals surface area contributed by atoms with E-state index >= 15 is 0 Å². The molecule has 1 aliphatic carbocycles. The summed E-state index contributed by atoms with van der Waals surface area (Å²) in [7, 11) is 0. The third kappa shape index (κ3) is 5.54. The van der Waals surface area contributed by atoms with Crippen LogP contribution in [0.5, 0.6) is 0 Å². The number of thiophene rings is 1. The van der Waals surface area contributed by atoms with Gasteiger partial charge in [0.2, 0.25) is 0 Å². The van der Waals surface area contributed by atoms with Gasteiger partial charge >= 0.3 is 0 Å². The van der Waals surface area contributed by atoms with E-state index in [1.54, 1.807) is 11.3 Å². The first-order valence-corrected chi connectivity index (χ1v) is 15.5. The predicted octanol–water partition coefficient (Wildman–Crippen LogP) is 7.80. The number of fused-ring (bicyclic) bond motifs is 1. The van der Waals surface area contributed by atoms with Crippen LogP contribution in [0, 0.1) is 27.7 Å². The highest BCUT2D eigenvalue weighted by Crippen LogP contribution is 2.40. The van der Waals surface area contributed by atoms with Crippen molar-refractivity contribution in [3.8, 4) is 5.00 Å². The lowest BCUT2D eigenvalue weighted by atomic mass is 9.95. The van der Waals surface area contributed by atoms with Gasteiger partial charge in [0.1, 0.15) is 5.00 Å². The van der Waals surface area contributed by atoms with Crippen molar-refractivity contribution >= 4 is 57.5 Å². The molecule has 2 N–H and O–H groups in total. The summed E-state index contributed by atoms with van der Waals surface area (Å²) in [5.41, 5.74) is 8.79. The fourth-order valence-electron chi connectivity index (χ4n) is 5.66. The first-order chi connectivity index (χ1) is 19.8. The molecule has 8 heteroatoms. The van der Waals surface area contributed by atoms with Gasteiger partial charge in [-0.15, -0.1) is 11.3 Å². The zero-order chi connectivity index (χ0) is 28.7. The van der Waals surface area contributed by atoms with E-state index in [1.807, 2.05) is 62.4 Å². The predicted molar refractivity (Wildman–Crippen MR) is 171 cm³/mol. The van der Waals surface area contributed by atoms with Crippen molar-refractivity contribution in [3.05, 3.63) is 104 Å². The van der Waals surface area contributed by atoms with E-state index in [2.05, 4.69) is 46.2 Å². The number of nitrogens with zero attached hydrogens (tertiary/aromatic N) is 2. The Bertz CT molecular complexity index is 1720. The molecule has 6 rings (SSSR count). The van der Waals surface area contributed by atoms with Crippen LogP contribution < -0.4 is 10.6 Å². The minimum Gasteiger partial charge on any atom is -0.322 e. The lowest BCUT2D eigenvalue weighted by molar-refractivity contribution is -0.115. The van der Waals surface area contributed by atoms with Crippen LogP contribution in [0.4, 0.5) is 11.4 Å². The Morgan fingerprint density at radius 2 is 1.73 bits per heavy atom. The largest absolute Gasteiger partial charge is 0.322 e. The van der Waals surface area contributed by atoms with Gasteiger partial charge in [-0.05, 0) is 124 Å². The molecule has 0 atom stereocenters.